The molecule has 0 saturated heterocycles. The van der Waals surface area contributed by atoms with Gasteiger partial charge in [-0.2, -0.15) is 5.10 Å². The molecule has 1 amide bonds. The molecule has 2 aliphatic rings. The first-order chi connectivity index (χ1) is 15.0. The molecule has 5 rings (SSSR count). The van der Waals surface area contributed by atoms with Crippen LogP contribution < -0.4 is 10.6 Å². The minimum Gasteiger partial charge on any atom is -0.343 e. The van der Waals surface area contributed by atoms with Crippen LogP contribution in [0.5, 0.6) is 0 Å². The van der Waals surface area contributed by atoms with Gasteiger partial charge in [-0.3, -0.25) is 9.59 Å². The standard InChI is InChI=1S/C24H21FN4O2/c1-14-5-2-3-6-18(14)28-24(31)17-13-26-29-22(15-9-11-16(25)12-10-15)21-19(27-23(17)29)7-4-8-20(21)30/h2-3,5-6,9-13,22,27H,4,7-8H2,1H3,(H,28,31)/t22-/m1/s1. The number of aromatic nitrogens is 2. The van der Waals surface area contributed by atoms with Crippen LogP contribution in [-0.4, -0.2) is 21.5 Å². The van der Waals surface area contributed by atoms with Crippen LogP contribution in [0.4, 0.5) is 15.9 Å². The van der Waals surface area contributed by atoms with Crippen LogP contribution >= 0.6 is 0 Å². The van der Waals surface area contributed by atoms with Crippen LogP contribution in [0.3, 0.4) is 0 Å². The van der Waals surface area contributed by atoms with E-state index in [9.17, 15) is 14.0 Å². The Hall–Kier alpha value is -3.74. The summed E-state index contributed by atoms with van der Waals surface area (Å²) in [4.78, 5) is 25.9. The highest BCUT2D eigenvalue weighted by Crippen LogP contribution is 2.41. The number of nitrogens with one attached hydrogen (secondary N) is 2. The van der Waals surface area contributed by atoms with Gasteiger partial charge in [0.2, 0.25) is 0 Å². The van der Waals surface area contributed by atoms with E-state index in [-0.39, 0.29) is 17.5 Å². The number of para-hydroxylation sites is 1. The fraction of sp³-hybridized carbons (Fsp3) is 0.208. The SMILES string of the molecule is Cc1ccccc1NC(=O)c1cnn2c1NC1=C(C(=O)CCC1)[C@H]2c1ccc(F)cc1. The van der Waals surface area contributed by atoms with E-state index in [0.717, 1.165) is 28.9 Å². The monoisotopic (exact) mass is 416 g/mol. The number of amides is 1. The molecule has 156 valence electrons. The quantitative estimate of drug-likeness (QED) is 0.654. The third kappa shape index (κ3) is 3.32. The van der Waals surface area contributed by atoms with E-state index in [1.807, 2.05) is 31.2 Å². The van der Waals surface area contributed by atoms with Crippen LogP contribution in [0.25, 0.3) is 0 Å². The molecule has 2 heterocycles. The molecule has 1 aliphatic heterocycles. The molecule has 0 fully saturated rings. The zero-order valence-electron chi connectivity index (χ0n) is 17.0. The van der Waals surface area contributed by atoms with Crippen LogP contribution in [0.15, 0.2) is 66.0 Å². The fourth-order valence-electron chi connectivity index (χ4n) is 4.28. The summed E-state index contributed by atoms with van der Waals surface area (Å²) in [7, 11) is 0. The Kier molecular flexibility index (Phi) is 4.66. The van der Waals surface area contributed by atoms with Gasteiger partial charge in [0.25, 0.3) is 5.91 Å². The van der Waals surface area contributed by atoms with E-state index in [2.05, 4.69) is 15.7 Å². The molecule has 0 unspecified atom stereocenters. The van der Waals surface area contributed by atoms with Gasteiger partial charge < -0.3 is 10.6 Å². The lowest BCUT2D eigenvalue weighted by atomic mass is 9.85. The normalized spacial score (nSPS) is 17.6. The summed E-state index contributed by atoms with van der Waals surface area (Å²) in [5.41, 5.74) is 4.27. The molecule has 31 heavy (non-hydrogen) atoms. The van der Waals surface area contributed by atoms with Crippen molar-refractivity contribution >= 4 is 23.2 Å². The number of anilines is 2. The summed E-state index contributed by atoms with van der Waals surface area (Å²) in [6.45, 7) is 1.93. The molecule has 2 N–H and O–H groups in total. The molecule has 0 saturated carbocycles. The minimum atomic E-state index is -0.500. The number of nitrogens with zero attached hydrogens (tertiary/aromatic N) is 2. The fourth-order valence-corrected chi connectivity index (χ4v) is 4.28. The molecule has 1 aliphatic carbocycles. The number of benzene rings is 2. The van der Waals surface area contributed by atoms with Crippen molar-refractivity contribution < 1.29 is 14.0 Å². The van der Waals surface area contributed by atoms with E-state index in [4.69, 9.17) is 0 Å². The first-order valence-electron chi connectivity index (χ1n) is 10.3. The van der Waals surface area contributed by atoms with Gasteiger partial charge in [-0.25, -0.2) is 9.07 Å². The van der Waals surface area contributed by atoms with Crippen LogP contribution in [0.1, 0.15) is 46.8 Å². The third-order valence-electron chi connectivity index (χ3n) is 5.86. The second-order valence-electron chi connectivity index (χ2n) is 7.87. The summed E-state index contributed by atoms with van der Waals surface area (Å²) in [6.07, 6.45) is 3.44. The van der Waals surface area contributed by atoms with Crippen molar-refractivity contribution in [2.45, 2.75) is 32.2 Å². The Bertz CT molecular complexity index is 1230. The molecular weight excluding hydrogens is 395 g/mol. The topological polar surface area (TPSA) is 76.0 Å². The molecular formula is C24H21FN4O2. The zero-order valence-corrected chi connectivity index (χ0v) is 17.0. The predicted octanol–water partition coefficient (Wildman–Crippen LogP) is 4.60. The summed E-state index contributed by atoms with van der Waals surface area (Å²) in [5, 5.41) is 10.7. The molecule has 0 bridgehead atoms. The Morgan fingerprint density at radius 3 is 2.71 bits per heavy atom. The predicted molar refractivity (Wildman–Crippen MR) is 115 cm³/mol. The zero-order chi connectivity index (χ0) is 21.5. The average Bonchev–Trinajstić information content (AvgIpc) is 3.18. The van der Waals surface area contributed by atoms with Crippen LogP contribution in [0.2, 0.25) is 0 Å². The molecule has 0 spiro atoms. The summed E-state index contributed by atoms with van der Waals surface area (Å²) in [5.74, 6) is -0.0445. The number of hydrogen-bond acceptors (Lipinski definition) is 4. The van der Waals surface area contributed by atoms with Crippen molar-refractivity contribution in [3.63, 3.8) is 0 Å². The lowest BCUT2D eigenvalue weighted by Crippen LogP contribution is -2.32. The highest BCUT2D eigenvalue weighted by Gasteiger charge is 2.37. The van der Waals surface area contributed by atoms with Gasteiger partial charge in [-0.1, -0.05) is 30.3 Å². The molecule has 1 aromatic heterocycles. The Labute approximate surface area is 178 Å². The number of allylic oxidation sites excluding steroid dienone is 2. The number of rotatable bonds is 3. The van der Waals surface area contributed by atoms with E-state index < -0.39 is 6.04 Å². The number of fused-ring (bicyclic) bond motifs is 1. The second kappa shape index (κ2) is 7.50. The maximum absolute atomic E-state index is 13.5. The van der Waals surface area contributed by atoms with Crippen molar-refractivity contribution in [3.05, 3.63) is 88.5 Å². The first kappa shape index (κ1) is 19.2. The van der Waals surface area contributed by atoms with Crippen molar-refractivity contribution in [3.8, 4) is 0 Å². The molecule has 3 aromatic rings. The average molecular weight is 416 g/mol. The van der Waals surface area contributed by atoms with Crippen molar-refractivity contribution in [2.75, 3.05) is 10.6 Å². The number of Topliss-reactive ketones (excluding diaryl/α,β-unsaturated/α-hetero) is 1. The van der Waals surface area contributed by atoms with Gasteiger partial charge in [0.1, 0.15) is 23.2 Å². The van der Waals surface area contributed by atoms with Gasteiger partial charge in [-0.15, -0.1) is 0 Å². The van der Waals surface area contributed by atoms with E-state index >= 15 is 0 Å². The molecule has 1 atom stereocenters. The van der Waals surface area contributed by atoms with Crippen molar-refractivity contribution in [1.82, 2.24) is 9.78 Å². The van der Waals surface area contributed by atoms with Gasteiger partial charge in [0.05, 0.1) is 6.20 Å². The minimum absolute atomic E-state index is 0.0511. The number of hydrogen-bond donors (Lipinski definition) is 2. The largest absolute Gasteiger partial charge is 0.343 e. The number of carbonyl (C=O) groups excluding carboxylic acids is 2. The molecule has 6 nitrogen and oxygen atoms in total. The Morgan fingerprint density at radius 2 is 1.94 bits per heavy atom. The van der Waals surface area contributed by atoms with Crippen LogP contribution in [-0.2, 0) is 4.79 Å². The summed E-state index contributed by atoms with van der Waals surface area (Å²) < 4.78 is 15.2. The molecule has 7 heteroatoms. The Morgan fingerprint density at radius 1 is 1.16 bits per heavy atom. The smallest absolute Gasteiger partial charge is 0.261 e. The molecule has 0 radical (unpaired) electrons. The maximum atomic E-state index is 13.5. The number of aryl methyl sites for hydroxylation is 1. The second-order valence-corrected chi connectivity index (χ2v) is 7.87. The highest BCUT2D eigenvalue weighted by atomic mass is 19.1. The maximum Gasteiger partial charge on any atom is 0.261 e. The lowest BCUT2D eigenvalue weighted by molar-refractivity contribution is -0.116. The first-order valence-corrected chi connectivity index (χ1v) is 10.3. The highest BCUT2D eigenvalue weighted by molar-refractivity contribution is 6.08. The lowest BCUT2D eigenvalue weighted by Gasteiger charge is -2.33. The van der Waals surface area contributed by atoms with E-state index in [1.165, 1.54) is 18.3 Å². The number of ketones is 1. The van der Waals surface area contributed by atoms with Crippen LogP contribution in [0, 0.1) is 12.7 Å². The van der Waals surface area contributed by atoms with Gasteiger partial charge in [0, 0.05) is 23.4 Å². The van der Waals surface area contributed by atoms with E-state index in [1.54, 1.807) is 16.8 Å². The third-order valence-corrected chi connectivity index (χ3v) is 5.86. The number of carbonyl (C=O) groups is 2. The Balaban J connectivity index is 1.58. The summed E-state index contributed by atoms with van der Waals surface area (Å²) in [6, 6.07) is 13.1. The van der Waals surface area contributed by atoms with Gasteiger partial charge >= 0.3 is 0 Å². The van der Waals surface area contributed by atoms with Crippen molar-refractivity contribution in [1.29, 1.82) is 0 Å². The van der Waals surface area contributed by atoms with E-state index in [0.29, 0.717) is 29.8 Å². The number of halogens is 1. The van der Waals surface area contributed by atoms with Gasteiger partial charge in [0.15, 0.2) is 5.78 Å². The van der Waals surface area contributed by atoms with Gasteiger partial charge in [-0.05, 0) is 49.1 Å². The summed E-state index contributed by atoms with van der Waals surface area (Å²) >= 11 is 0. The van der Waals surface area contributed by atoms with Crippen molar-refractivity contribution in [2.24, 2.45) is 0 Å². The molecule has 2 aromatic carbocycles.